The van der Waals surface area contributed by atoms with E-state index in [1.807, 2.05) is 29.6 Å². The van der Waals surface area contributed by atoms with Crippen molar-refractivity contribution in [1.29, 1.82) is 0 Å². The minimum atomic E-state index is -0.592. The van der Waals surface area contributed by atoms with Gasteiger partial charge in [-0.05, 0) is 34.4 Å². The molecule has 0 saturated carbocycles. The van der Waals surface area contributed by atoms with Crippen molar-refractivity contribution in [3.8, 4) is 0 Å². The Morgan fingerprint density at radius 3 is 2.42 bits per heavy atom. The van der Waals surface area contributed by atoms with E-state index in [1.54, 1.807) is 17.0 Å². The Bertz CT molecular complexity index is 1020. The van der Waals surface area contributed by atoms with Gasteiger partial charge in [0.15, 0.2) is 5.76 Å². The summed E-state index contributed by atoms with van der Waals surface area (Å²) in [5, 5.41) is 12.6. The second kappa shape index (κ2) is 9.79. The number of amides is 1. The lowest BCUT2D eigenvalue weighted by molar-refractivity contribution is -0.129. The molecule has 3 heterocycles. The van der Waals surface area contributed by atoms with Crippen molar-refractivity contribution < 1.29 is 19.4 Å². The van der Waals surface area contributed by atoms with Crippen LogP contribution in [0.15, 0.2) is 53.1 Å². The summed E-state index contributed by atoms with van der Waals surface area (Å²) in [6.07, 6.45) is 0.760. The number of carbonyl (C=O) groups is 2. The van der Waals surface area contributed by atoms with Gasteiger partial charge in [0.2, 0.25) is 5.78 Å². The molecule has 2 aromatic rings. The predicted molar refractivity (Wildman–Crippen MR) is 130 cm³/mol. The van der Waals surface area contributed by atoms with Gasteiger partial charge >= 0.3 is 0 Å². The molecule has 1 saturated heterocycles. The summed E-state index contributed by atoms with van der Waals surface area (Å²) >= 11 is 1.32. The van der Waals surface area contributed by atoms with E-state index in [0.29, 0.717) is 11.4 Å². The van der Waals surface area contributed by atoms with Gasteiger partial charge in [0.25, 0.3) is 5.91 Å². The highest BCUT2D eigenvalue weighted by Gasteiger charge is 2.43. The normalized spacial score (nSPS) is 20.0. The number of hydrogen-bond donors (Lipinski definition) is 1. The lowest BCUT2D eigenvalue weighted by Gasteiger charge is -2.30. The van der Waals surface area contributed by atoms with Crippen molar-refractivity contribution in [3.05, 3.63) is 69.1 Å². The Balaban J connectivity index is 1.62. The van der Waals surface area contributed by atoms with Crippen molar-refractivity contribution in [2.24, 2.45) is 0 Å². The molecule has 1 aromatic carbocycles. The van der Waals surface area contributed by atoms with Crippen LogP contribution in [0.1, 0.15) is 54.0 Å². The van der Waals surface area contributed by atoms with Gasteiger partial charge < -0.3 is 14.7 Å². The van der Waals surface area contributed by atoms with Gasteiger partial charge in [0.1, 0.15) is 0 Å². The molecule has 1 aromatic heterocycles. The third-order valence-corrected chi connectivity index (χ3v) is 7.23. The average molecular weight is 469 g/mol. The fourth-order valence-corrected chi connectivity index (χ4v) is 5.14. The minimum Gasteiger partial charge on any atom is -0.503 e. The molecule has 2 aliphatic rings. The highest BCUT2D eigenvalue weighted by Crippen LogP contribution is 2.40. The Morgan fingerprint density at radius 2 is 1.82 bits per heavy atom. The second-order valence-corrected chi connectivity index (χ2v) is 10.6. The Morgan fingerprint density at radius 1 is 1.12 bits per heavy atom. The zero-order chi connectivity index (χ0) is 23.6. The Labute approximate surface area is 199 Å². The molecule has 2 aliphatic heterocycles. The monoisotopic (exact) mass is 468 g/mol. The molecule has 1 N–H and O–H groups in total. The van der Waals surface area contributed by atoms with Gasteiger partial charge in [-0.2, -0.15) is 0 Å². The number of thiophene rings is 1. The summed E-state index contributed by atoms with van der Waals surface area (Å²) in [7, 11) is 0. The maximum atomic E-state index is 13.3. The van der Waals surface area contributed by atoms with E-state index >= 15 is 0 Å². The van der Waals surface area contributed by atoms with E-state index in [-0.39, 0.29) is 16.8 Å². The number of ketones is 1. The number of aliphatic hydroxyl groups excluding tert-OH is 1. The van der Waals surface area contributed by atoms with Gasteiger partial charge in [-0.25, -0.2) is 0 Å². The summed E-state index contributed by atoms with van der Waals surface area (Å²) in [4.78, 5) is 31.0. The SMILES string of the molecule is CC(C)(C)c1ccc([C@H]2C(C(=O)c3cccs3)=C(O)C(=O)N2CCCN2CCOCC2)cc1. The summed E-state index contributed by atoms with van der Waals surface area (Å²) in [5.74, 6) is -1.18. The van der Waals surface area contributed by atoms with Crippen molar-refractivity contribution in [1.82, 2.24) is 9.80 Å². The second-order valence-electron chi connectivity index (χ2n) is 9.65. The number of nitrogens with zero attached hydrogens (tertiary/aromatic N) is 2. The summed E-state index contributed by atoms with van der Waals surface area (Å²) < 4.78 is 5.41. The first kappa shape index (κ1) is 23.7. The van der Waals surface area contributed by atoms with Gasteiger partial charge in [-0.15, -0.1) is 11.3 Å². The maximum Gasteiger partial charge on any atom is 0.290 e. The van der Waals surface area contributed by atoms with Crippen LogP contribution in [0.25, 0.3) is 0 Å². The topological polar surface area (TPSA) is 70.1 Å². The van der Waals surface area contributed by atoms with Gasteiger partial charge in [0.05, 0.1) is 29.7 Å². The van der Waals surface area contributed by atoms with E-state index in [2.05, 4.69) is 25.7 Å². The lowest BCUT2D eigenvalue weighted by atomic mass is 9.85. The molecule has 0 spiro atoms. The molecule has 33 heavy (non-hydrogen) atoms. The molecule has 4 rings (SSSR count). The van der Waals surface area contributed by atoms with E-state index < -0.39 is 17.7 Å². The molecule has 176 valence electrons. The van der Waals surface area contributed by atoms with Gasteiger partial charge in [-0.3, -0.25) is 14.5 Å². The smallest absolute Gasteiger partial charge is 0.290 e. The van der Waals surface area contributed by atoms with Crippen LogP contribution in [0.5, 0.6) is 0 Å². The predicted octanol–water partition coefficient (Wildman–Crippen LogP) is 4.35. The maximum absolute atomic E-state index is 13.3. The fourth-order valence-electron chi connectivity index (χ4n) is 4.46. The average Bonchev–Trinajstić information content (AvgIpc) is 3.42. The van der Waals surface area contributed by atoms with Gasteiger partial charge in [0, 0.05) is 26.2 Å². The summed E-state index contributed by atoms with van der Waals surface area (Å²) in [6, 6.07) is 11.0. The van der Waals surface area contributed by atoms with Crippen molar-refractivity contribution in [3.63, 3.8) is 0 Å². The number of Topliss-reactive ketones (excluding diaryl/α,β-unsaturated/α-hetero) is 1. The summed E-state index contributed by atoms with van der Waals surface area (Å²) in [5.41, 5.74) is 2.19. The number of carbonyl (C=O) groups excluding carboxylic acids is 2. The first-order valence-electron chi connectivity index (χ1n) is 11.5. The molecular weight excluding hydrogens is 436 g/mol. The third-order valence-electron chi connectivity index (χ3n) is 6.36. The fraction of sp³-hybridized carbons (Fsp3) is 0.462. The third kappa shape index (κ3) is 5.05. The van der Waals surface area contributed by atoms with Crippen LogP contribution in [0, 0.1) is 0 Å². The number of ether oxygens (including phenoxy) is 1. The molecule has 0 aliphatic carbocycles. The first-order valence-corrected chi connectivity index (χ1v) is 12.4. The van der Waals surface area contributed by atoms with E-state index in [9.17, 15) is 14.7 Å². The molecule has 1 fully saturated rings. The van der Waals surface area contributed by atoms with Crippen LogP contribution in [-0.2, 0) is 14.9 Å². The summed E-state index contributed by atoms with van der Waals surface area (Å²) in [6.45, 7) is 11.0. The van der Waals surface area contributed by atoms with Crippen LogP contribution in [0.2, 0.25) is 0 Å². The van der Waals surface area contributed by atoms with Crippen LogP contribution >= 0.6 is 11.3 Å². The molecule has 6 nitrogen and oxygen atoms in total. The van der Waals surface area contributed by atoms with Gasteiger partial charge in [-0.1, -0.05) is 51.1 Å². The molecule has 0 unspecified atom stereocenters. The Kier molecular flexibility index (Phi) is 7.02. The van der Waals surface area contributed by atoms with Crippen LogP contribution in [0.4, 0.5) is 0 Å². The molecule has 0 bridgehead atoms. The number of aliphatic hydroxyl groups is 1. The van der Waals surface area contributed by atoms with E-state index in [0.717, 1.165) is 44.8 Å². The van der Waals surface area contributed by atoms with Crippen molar-refractivity contribution >= 4 is 23.0 Å². The van der Waals surface area contributed by atoms with E-state index in [1.165, 1.54) is 16.9 Å². The zero-order valence-corrected chi connectivity index (χ0v) is 20.4. The largest absolute Gasteiger partial charge is 0.503 e. The number of hydrogen-bond acceptors (Lipinski definition) is 6. The highest BCUT2D eigenvalue weighted by atomic mass is 32.1. The first-order chi connectivity index (χ1) is 15.8. The number of benzene rings is 1. The number of rotatable bonds is 7. The molecule has 1 atom stereocenters. The van der Waals surface area contributed by atoms with Crippen LogP contribution < -0.4 is 0 Å². The molecular formula is C26H32N2O4S. The number of morpholine rings is 1. The zero-order valence-electron chi connectivity index (χ0n) is 19.5. The van der Waals surface area contributed by atoms with E-state index in [4.69, 9.17) is 4.74 Å². The van der Waals surface area contributed by atoms with Crippen molar-refractivity contribution in [2.45, 2.75) is 38.6 Å². The highest BCUT2D eigenvalue weighted by molar-refractivity contribution is 7.12. The van der Waals surface area contributed by atoms with Crippen LogP contribution in [-0.4, -0.2) is 66.0 Å². The molecule has 0 radical (unpaired) electrons. The quantitative estimate of drug-likeness (QED) is 0.612. The molecule has 1 amide bonds. The van der Waals surface area contributed by atoms with Crippen LogP contribution in [0.3, 0.4) is 0 Å². The molecule has 7 heteroatoms. The van der Waals surface area contributed by atoms with Crippen molar-refractivity contribution in [2.75, 3.05) is 39.4 Å². The lowest BCUT2D eigenvalue weighted by Crippen LogP contribution is -2.39. The Hall–Kier alpha value is -2.48. The minimum absolute atomic E-state index is 0.00450. The standard InChI is InChI=1S/C26H32N2O4S/c1-26(2,3)19-9-7-18(8-10-19)22-21(23(29)20-6-4-17-33-20)24(30)25(31)28(22)12-5-11-27-13-15-32-16-14-27/h4,6-10,17,22,30H,5,11-16H2,1-3H3/t22-/m0/s1.